The van der Waals surface area contributed by atoms with E-state index in [1.807, 2.05) is 36.1 Å². The summed E-state index contributed by atoms with van der Waals surface area (Å²) < 4.78 is 49.5. The predicted octanol–water partition coefficient (Wildman–Crippen LogP) is 11.3. The van der Waals surface area contributed by atoms with Gasteiger partial charge in [-0.1, -0.05) is 19.8 Å². The molecule has 1 saturated carbocycles. The largest absolute Gasteiger partial charge is 0.346 e. The van der Waals surface area contributed by atoms with Crippen molar-refractivity contribution >= 4 is 79.1 Å². The molecule has 10 aromatic heterocycles. The van der Waals surface area contributed by atoms with Gasteiger partial charge in [-0.15, -0.1) is 22.7 Å². The van der Waals surface area contributed by atoms with Crippen molar-refractivity contribution in [3.8, 4) is 55.7 Å². The molecule has 3 aliphatic heterocycles. The fourth-order valence-corrected chi connectivity index (χ4v) is 12.6. The second-order valence-corrected chi connectivity index (χ2v) is 22.0. The number of thiophene rings is 2. The topological polar surface area (TPSA) is 219 Å². The molecule has 1 amide bonds. The number of allylic oxidation sites excluding steroid dienone is 2. The summed E-state index contributed by atoms with van der Waals surface area (Å²) >= 11 is 2.52. The van der Waals surface area contributed by atoms with Crippen LogP contribution in [0.3, 0.4) is 0 Å². The van der Waals surface area contributed by atoms with E-state index in [1.165, 1.54) is 55.5 Å². The van der Waals surface area contributed by atoms with Gasteiger partial charge in [0.2, 0.25) is 5.91 Å². The minimum atomic E-state index is -0.626. The molecule has 6 N–H and O–H groups in total. The molecule has 388 valence electrons. The molecule has 1 atom stereocenters. The van der Waals surface area contributed by atoms with Crippen molar-refractivity contribution in [3.63, 3.8) is 0 Å². The summed E-state index contributed by atoms with van der Waals surface area (Å²) in [4.78, 5) is 61.6. The summed E-state index contributed by atoms with van der Waals surface area (Å²) in [6.45, 7) is 5.77. The second-order valence-electron chi connectivity index (χ2n) is 19.7. The summed E-state index contributed by atoms with van der Waals surface area (Å²) in [6.07, 6.45) is 20.3. The normalized spacial score (nSPS) is 15.8. The molecule has 78 heavy (non-hydrogen) atoms. The Bertz CT molecular complexity index is 4180. The lowest BCUT2D eigenvalue weighted by Gasteiger charge is -2.19. The zero-order chi connectivity index (χ0) is 52.8. The number of fused-ring (bicyclic) bond motifs is 6. The molecule has 10 aromatic rings. The average molecular weight is 1080 g/mol. The van der Waals surface area contributed by atoms with Crippen LogP contribution in [-0.2, 0) is 11.3 Å². The third kappa shape index (κ3) is 8.33. The number of H-pyrrole nitrogens is 3. The highest BCUT2D eigenvalue weighted by Gasteiger charge is 2.43. The zero-order valence-corrected chi connectivity index (χ0v) is 43.4. The Morgan fingerprint density at radius 2 is 1.71 bits per heavy atom. The van der Waals surface area contributed by atoms with Gasteiger partial charge in [-0.25, -0.2) is 28.7 Å². The fraction of sp³-hybridized carbons (Fsp3) is 0.214. The highest BCUT2D eigenvalue weighted by atomic mass is 32.1. The molecule has 0 spiro atoms. The van der Waals surface area contributed by atoms with Gasteiger partial charge in [0.05, 0.1) is 52.5 Å². The number of aromatic nitrogens is 11. The smallest absolute Gasteiger partial charge is 0.224 e. The van der Waals surface area contributed by atoms with Crippen LogP contribution >= 0.6 is 22.7 Å². The summed E-state index contributed by atoms with van der Waals surface area (Å²) in [7, 11) is 0. The highest BCUT2D eigenvalue weighted by Crippen LogP contribution is 2.47. The lowest BCUT2D eigenvalue weighted by atomic mass is 10.00. The molecule has 17 nitrogen and oxygen atoms in total. The van der Waals surface area contributed by atoms with Crippen LogP contribution in [0.25, 0.3) is 83.4 Å². The highest BCUT2D eigenvalue weighted by molar-refractivity contribution is 7.14. The Balaban J connectivity index is 0.888. The van der Waals surface area contributed by atoms with E-state index in [-0.39, 0.29) is 57.5 Å². The van der Waals surface area contributed by atoms with Crippen LogP contribution in [0.4, 0.5) is 30.4 Å². The molecular weight excluding hydrogens is 1030 g/mol. The van der Waals surface area contributed by atoms with E-state index in [2.05, 4.69) is 51.0 Å². The number of hydrogen-bond donors (Lipinski definition) is 6. The van der Waals surface area contributed by atoms with E-state index in [9.17, 15) is 9.18 Å². The van der Waals surface area contributed by atoms with Crippen molar-refractivity contribution in [2.75, 3.05) is 28.6 Å². The minimum absolute atomic E-state index is 0.0463. The SMILES string of the molecule is CCC(=O)Nc1cncc(-c2ncc3c(c2F)C(c2nc4c([nH]2)NC=CC=C4c2sc(C)cc2-c2nc(-c4cncc(CNCC5CCCC5)c4)c(F)c4c(-c5nc6c(-c7ccc(F)s7)ccnc6[nH]5)n[nH]c24)=NC2CN32)c1. The van der Waals surface area contributed by atoms with Crippen LogP contribution in [0.5, 0.6) is 0 Å². The van der Waals surface area contributed by atoms with Gasteiger partial charge in [0.25, 0.3) is 0 Å². The van der Waals surface area contributed by atoms with Gasteiger partial charge >= 0.3 is 0 Å². The molecule has 14 rings (SSSR count). The number of anilines is 3. The lowest BCUT2D eigenvalue weighted by Crippen LogP contribution is -2.20. The first-order valence-electron chi connectivity index (χ1n) is 25.6. The number of halogens is 3. The Labute approximate surface area is 450 Å². The van der Waals surface area contributed by atoms with E-state index in [0.717, 1.165) is 33.2 Å². The predicted molar refractivity (Wildman–Crippen MR) is 296 cm³/mol. The van der Waals surface area contributed by atoms with E-state index in [1.54, 1.807) is 56.1 Å². The van der Waals surface area contributed by atoms with Gasteiger partial charge in [-0.2, -0.15) is 9.49 Å². The minimum Gasteiger partial charge on any atom is -0.346 e. The quantitative estimate of drug-likeness (QED) is 0.0594. The number of hydrogen-bond acceptors (Lipinski definition) is 15. The number of imidazole rings is 2. The molecule has 1 unspecified atom stereocenters. The van der Waals surface area contributed by atoms with Crippen molar-refractivity contribution in [1.29, 1.82) is 0 Å². The summed E-state index contributed by atoms with van der Waals surface area (Å²) in [5.74, 6) is 0.319. The van der Waals surface area contributed by atoms with Crippen LogP contribution < -0.4 is 20.9 Å². The standard InChI is InChI=1S/C56H45F3N16OS2/c1-3-39(76)66-31-17-30(22-62-23-31)44-42(58)40-35(24-65-44)75-25-38(75)67-50(40)55-70-48-33(9-6-13-63-54(48)71-55)52-34(15-26(2)77-52)46-49-41(43(59)45(68-46)29-16-28(20-61-21-29)19-60-18-27-7-4-5-8-27)51(74-73-49)56-69-47-32(12-14-64-53(47)72-56)36-10-11-37(57)78-36/h6,9-17,20-24,27,38,60,63H,3-5,7-8,18-19,25H2,1-2H3,(H,66,76)(H,70,71)(H,73,74)(H,64,69,72). The van der Waals surface area contributed by atoms with Gasteiger partial charge < -0.3 is 30.8 Å². The fourth-order valence-electron chi connectivity index (χ4n) is 10.8. The molecule has 1 saturated heterocycles. The molecule has 0 bridgehead atoms. The maximum atomic E-state index is 17.9. The zero-order valence-electron chi connectivity index (χ0n) is 41.8. The summed E-state index contributed by atoms with van der Waals surface area (Å²) in [5, 5.41) is 17.4. The molecule has 13 heterocycles. The number of nitrogens with zero attached hydrogens (tertiary/aromatic N) is 10. The third-order valence-corrected chi connectivity index (χ3v) is 16.5. The second kappa shape index (κ2) is 19.1. The van der Waals surface area contributed by atoms with Crippen molar-refractivity contribution in [2.24, 2.45) is 10.9 Å². The number of rotatable bonds is 13. The average Bonchev–Trinajstić information content (AvgIpc) is 4.37. The van der Waals surface area contributed by atoms with E-state index >= 15 is 8.78 Å². The van der Waals surface area contributed by atoms with Crippen molar-refractivity contribution in [2.45, 2.75) is 58.7 Å². The van der Waals surface area contributed by atoms with Gasteiger partial charge in [-0.3, -0.25) is 29.8 Å². The van der Waals surface area contributed by atoms with E-state index < -0.39 is 11.6 Å². The Morgan fingerprint density at radius 3 is 2.55 bits per heavy atom. The first kappa shape index (κ1) is 47.7. The number of nitrogens with one attached hydrogen (secondary N) is 6. The summed E-state index contributed by atoms with van der Waals surface area (Å²) in [6, 6.07) is 10.5. The number of carbonyl (C=O) groups excluding carboxylic acids is 1. The lowest BCUT2D eigenvalue weighted by molar-refractivity contribution is -0.115. The molecule has 22 heteroatoms. The first-order valence-corrected chi connectivity index (χ1v) is 27.2. The van der Waals surface area contributed by atoms with E-state index in [0.29, 0.717) is 109 Å². The van der Waals surface area contributed by atoms with Gasteiger partial charge in [0.1, 0.15) is 46.0 Å². The number of amides is 1. The van der Waals surface area contributed by atoms with Crippen LogP contribution in [0.2, 0.25) is 0 Å². The molecule has 1 aliphatic carbocycles. The van der Waals surface area contributed by atoms with Gasteiger partial charge in [-0.05, 0) is 86.3 Å². The van der Waals surface area contributed by atoms with E-state index in [4.69, 9.17) is 25.0 Å². The Hall–Kier alpha value is -8.73. The van der Waals surface area contributed by atoms with Crippen LogP contribution in [0, 0.1) is 29.6 Å². The van der Waals surface area contributed by atoms with Gasteiger partial charge in [0, 0.05) is 86.4 Å². The van der Waals surface area contributed by atoms with Crippen LogP contribution in [0.15, 0.2) is 96.9 Å². The Kier molecular flexibility index (Phi) is 11.7. The molecule has 4 aliphatic rings. The first-order chi connectivity index (χ1) is 38.1. The van der Waals surface area contributed by atoms with Crippen molar-refractivity contribution in [3.05, 3.63) is 141 Å². The van der Waals surface area contributed by atoms with Crippen LogP contribution in [-0.4, -0.2) is 85.9 Å². The number of carbonyl (C=O) groups is 1. The number of aliphatic imine (C=N–C) groups is 1. The van der Waals surface area contributed by atoms with Crippen LogP contribution in [0.1, 0.15) is 71.4 Å². The summed E-state index contributed by atoms with van der Waals surface area (Å²) in [5.41, 5.74) is 7.84. The maximum absolute atomic E-state index is 17.9. The number of aryl methyl sites for hydroxylation is 1. The maximum Gasteiger partial charge on any atom is 0.224 e. The monoisotopic (exact) mass is 1080 g/mol. The third-order valence-electron chi connectivity index (χ3n) is 14.6. The number of pyridine rings is 5. The molecule has 0 radical (unpaired) electrons. The number of aromatic amines is 3. The van der Waals surface area contributed by atoms with Crippen molar-refractivity contribution < 1.29 is 18.0 Å². The molecule has 0 aromatic carbocycles. The van der Waals surface area contributed by atoms with Gasteiger partial charge in [0.15, 0.2) is 34.1 Å². The molecular formula is C56H45F3N16OS2. The Morgan fingerprint density at radius 1 is 0.846 bits per heavy atom. The van der Waals surface area contributed by atoms with Crippen molar-refractivity contribution in [1.82, 2.24) is 60.4 Å². The molecule has 2 fully saturated rings.